The van der Waals surface area contributed by atoms with Gasteiger partial charge in [0.1, 0.15) is 35.8 Å². The van der Waals surface area contributed by atoms with E-state index < -0.39 is 6.10 Å². The molecule has 0 radical (unpaired) electrons. The maximum absolute atomic E-state index is 13.7. The molecule has 1 saturated heterocycles. The Morgan fingerprint density at radius 1 is 1.11 bits per heavy atom. The van der Waals surface area contributed by atoms with E-state index in [2.05, 4.69) is 4.90 Å². The van der Waals surface area contributed by atoms with Crippen molar-refractivity contribution in [2.24, 2.45) is 5.92 Å². The third-order valence-electron chi connectivity index (χ3n) is 6.76. The van der Waals surface area contributed by atoms with E-state index >= 15 is 0 Å². The van der Waals surface area contributed by atoms with Crippen molar-refractivity contribution in [1.29, 1.82) is 5.26 Å². The number of fused-ring (bicyclic) bond motifs is 1. The molecule has 184 valence electrons. The molecular weight excluding hydrogens is 462 g/mol. The first-order valence-corrected chi connectivity index (χ1v) is 11.9. The Kier molecular flexibility index (Phi) is 6.62. The number of rotatable bonds is 7. The van der Waals surface area contributed by atoms with Crippen LogP contribution in [0.4, 0.5) is 8.78 Å². The summed E-state index contributed by atoms with van der Waals surface area (Å²) in [5.74, 6) is 0.908. The number of hydrogen-bond donors (Lipinski definition) is 1. The minimum Gasteiger partial charge on any atom is -0.507 e. The van der Waals surface area contributed by atoms with Gasteiger partial charge in [-0.15, -0.1) is 0 Å². The number of aromatic hydroxyl groups is 1. The summed E-state index contributed by atoms with van der Waals surface area (Å²) in [4.78, 5) is 2.17. The molecule has 2 heterocycles. The van der Waals surface area contributed by atoms with Gasteiger partial charge < -0.3 is 14.6 Å². The van der Waals surface area contributed by atoms with Crippen LogP contribution in [0.2, 0.25) is 0 Å². The van der Waals surface area contributed by atoms with Crippen LogP contribution < -0.4 is 9.47 Å². The zero-order valence-electron chi connectivity index (χ0n) is 19.9. The Bertz CT molecular complexity index is 1320. The first kappa shape index (κ1) is 23.8. The molecule has 36 heavy (non-hydrogen) atoms. The van der Waals surface area contributed by atoms with Gasteiger partial charge in [-0.1, -0.05) is 24.3 Å². The summed E-state index contributed by atoms with van der Waals surface area (Å²) in [5.41, 5.74) is 4.03. The van der Waals surface area contributed by atoms with Crippen molar-refractivity contribution in [2.75, 3.05) is 32.9 Å². The van der Waals surface area contributed by atoms with Crippen LogP contribution in [0, 0.1) is 23.1 Å². The van der Waals surface area contributed by atoms with Crippen molar-refractivity contribution in [2.45, 2.75) is 13.0 Å². The van der Waals surface area contributed by atoms with Crippen molar-refractivity contribution < 1.29 is 23.4 Å². The third-order valence-corrected chi connectivity index (χ3v) is 6.76. The summed E-state index contributed by atoms with van der Waals surface area (Å²) < 4.78 is 38.5. The predicted molar refractivity (Wildman–Crippen MR) is 133 cm³/mol. The monoisotopic (exact) mass is 488 g/mol. The molecule has 0 spiro atoms. The van der Waals surface area contributed by atoms with Crippen LogP contribution in [0.3, 0.4) is 0 Å². The smallest absolute Gasteiger partial charge is 0.150 e. The quantitative estimate of drug-likeness (QED) is 0.459. The lowest BCUT2D eigenvalue weighted by molar-refractivity contribution is 0.0668. The molecule has 1 unspecified atom stereocenters. The van der Waals surface area contributed by atoms with E-state index in [1.165, 1.54) is 18.2 Å². The molecule has 3 aromatic carbocycles. The molecule has 2 aliphatic heterocycles. The lowest BCUT2D eigenvalue weighted by atomic mass is 9.85. The Hall–Kier alpha value is -3.89. The number of nitrogens with zero attached hydrogens (tertiary/aromatic N) is 2. The fraction of sp³-hybridized carbons (Fsp3) is 0.276. The van der Waals surface area contributed by atoms with E-state index in [-0.39, 0.29) is 24.2 Å². The summed E-state index contributed by atoms with van der Waals surface area (Å²) in [6.07, 6.45) is -0.538. The molecule has 0 aliphatic carbocycles. The van der Waals surface area contributed by atoms with Gasteiger partial charge in [0.2, 0.25) is 0 Å². The number of hydrogen-bond acceptors (Lipinski definition) is 5. The van der Waals surface area contributed by atoms with Gasteiger partial charge in [-0.3, -0.25) is 9.29 Å². The Labute approximate surface area is 208 Å². The lowest BCUT2D eigenvalue weighted by Gasteiger charge is -2.37. The number of benzene rings is 3. The van der Waals surface area contributed by atoms with Gasteiger partial charge in [-0.2, -0.15) is 5.26 Å². The Balaban J connectivity index is 1.42. The highest BCUT2D eigenvalue weighted by molar-refractivity contribution is 5.97. The third kappa shape index (κ3) is 4.65. The Morgan fingerprint density at radius 3 is 2.50 bits per heavy atom. The highest BCUT2D eigenvalue weighted by Gasteiger charge is 2.31. The average Bonchev–Trinajstić information content (AvgIpc) is 2.86. The summed E-state index contributed by atoms with van der Waals surface area (Å²) in [7, 11) is 0. The molecule has 0 saturated carbocycles. The van der Waals surface area contributed by atoms with Gasteiger partial charge in [0.05, 0.1) is 23.9 Å². The molecule has 5 nitrogen and oxygen atoms in total. The second-order valence-corrected chi connectivity index (χ2v) is 9.22. The summed E-state index contributed by atoms with van der Waals surface area (Å²) in [5, 5.41) is 20.0. The van der Waals surface area contributed by atoms with Crippen LogP contribution >= 0.6 is 0 Å². The topological polar surface area (TPSA) is 65.7 Å². The SMILES string of the molecule is CC1=C(c2ccc(F)cc2)C(c2ccc(OCCN3CC(CF)C3)cc2)Oc2cc(C#N)cc(O)c21. The van der Waals surface area contributed by atoms with Gasteiger partial charge in [0.25, 0.3) is 0 Å². The number of ether oxygens (including phenoxy) is 2. The zero-order valence-corrected chi connectivity index (χ0v) is 19.9. The van der Waals surface area contributed by atoms with Crippen molar-refractivity contribution in [3.8, 4) is 23.3 Å². The highest BCUT2D eigenvalue weighted by atomic mass is 19.1. The molecule has 2 aliphatic rings. The van der Waals surface area contributed by atoms with Crippen LogP contribution in [0.1, 0.15) is 35.3 Å². The number of allylic oxidation sites excluding steroid dienone is 1. The van der Waals surface area contributed by atoms with Crippen molar-refractivity contribution in [3.05, 3.63) is 88.7 Å². The largest absolute Gasteiger partial charge is 0.507 e. The van der Waals surface area contributed by atoms with E-state index in [0.29, 0.717) is 29.2 Å². The summed E-state index contributed by atoms with van der Waals surface area (Å²) in [6, 6.07) is 18.8. The van der Waals surface area contributed by atoms with E-state index in [9.17, 15) is 19.1 Å². The van der Waals surface area contributed by atoms with Crippen LogP contribution in [-0.2, 0) is 0 Å². The minimum atomic E-state index is -0.538. The van der Waals surface area contributed by atoms with Gasteiger partial charge in [-0.25, -0.2) is 4.39 Å². The summed E-state index contributed by atoms with van der Waals surface area (Å²) >= 11 is 0. The lowest BCUT2D eigenvalue weighted by Crippen LogP contribution is -2.49. The normalized spacial score (nSPS) is 17.7. The molecule has 1 fully saturated rings. The zero-order chi connectivity index (χ0) is 25.2. The van der Waals surface area contributed by atoms with Gasteiger partial charge in [0.15, 0.2) is 0 Å². The van der Waals surface area contributed by atoms with Gasteiger partial charge in [-0.05, 0) is 60.0 Å². The van der Waals surface area contributed by atoms with Crippen molar-refractivity contribution in [1.82, 2.24) is 4.90 Å². The predicted octanol–water partition coefficient (Wildman–Crippen LogP) is 5.75. The molecule has 0 amide bonds. The molecule has 0 aromatic heterocycles. The van der Waals surface area contributed by atoms with Crippen LogP contribution in [0.5, 0.6) is 17.2 Å². The van der Waals surface area contributed by atoms with E-state index in [1.807, 2.05) is 37.3 Å². The molecule has 5 rings (SSSR count). The Morgan fingerprint density at radius 2 is 1.83 bits per heavy atom. The molecule has 7 heteroatoms. The molecule has 1 N–H and O–H groups in total. The number of phenolic OH excluding ortho intramolecular Hbond substituents is 1. The number of likely N-dealkylation sites (tertiary alicyclic amines) is 1. The van der Waals surface area contributed by atoms with E-state index in [0.717, 1.165) is 41.9 Å². The van der Waals surface area contributed by atoms with Crippen LogP contribution in [0.25, 0.3) is 11.1 Å². The first-order valence-electron chi connectivity index (χ1n) is 11.9. The maximum Gasteiger partial charge on any atom is 0.150 e. The minimum absolute atomic E-state index is 0.0385. The number of phenols is 1. The first-order chi connectivity index (χ1) is 17.5. The van der Waals surface area contributed by atoms with E-state index in [4.69, 9.17) is 9.47 Å². The summed E-state index contributed by atoms with van der Waals surface area (Å²) in [6.45, 7) is 4.45. The molecule has 1 atom stereocenters. The van der Waals surface area contributed by atoms with Crippen molar-refractivity contribution >= 4 is 11.1 Å². The highest BCUT2D eigenvalue weighted by Crippen LogP contribution is 2.49. The second-order valence-electron chi connectivity index (χ2n) is 9.22. The number of halogens is 2. The standard InChI is InChI=1S/C29H26F2N2O3/c1-18-27(21-2-6-23(31)7-3-21)29(36-26-13-19(15-32)12-25(34)28(18)26)22-4-8-24(9-5-22)35-11-10-33-16-20(14-30)17-33/h2-9,12-13,20,29,34H,10-11,14,16-17H2,1H3. The average molecular weight is 489 g/mol. The number of alkyl halides is 1. The van der Waals surface area contributed by atoms with Crippen molar-refractivity contribution in [3.63, 3.8) is 0 Å². The molecular formula is C29H26F2N2O3. The van der Waals surface area contributed by atoms with E-state index in [1.54, 1.807) is 18.2 Å². The maximum atomic E-state index is 13.7. The van der Waals surface area contributed by atoms with Gasteiger partial charge >= 0.3 is 0 Å². The van der Waals surface area contributed by atoms with Crippen LogP contribution in [0.15, 0.2) is 60.7 Å². The van der Waals surface area contributed by atoms with Gasteiger partial charge in [0, 0.05) is 31.1 Å². The second kappa shape index (κ2) is 10.00. The fourth-order valence-corrected chi connectivity index (χ4v) is 4.87. The molecule has 3 aromatic rings. The molecule has 0 bridgehead atoms. The number of nitriles is 1. The fourth-order valence-electron chi connectivity index (χ4n) is 4.87. The van der Waals surface area contributed by atoms with Crippen LogP contribution in [-0.4, -0.2) is 42.9 Å².